The van der Waals surface area contributed by atoms with Gasteiger partial charge in [0.05, 0.1) is 12.7 Å². The Kier molecular flexibility index (Phi) is 3.89. The first kappa shape index (κ1) is 11.6. The Labute approximate surface area is 84.0 Å². The summed E-state index contributed by atoms with van der Waals surface area (Å²) in [4.78, 5) is 0. The van der Waals surface area contributed by atoms with Crippen LogP contribution in [0.3, 0.4) is 0 Å². The van der Waals surface area contributed by atoms with Crippen LogP contribution in [0.15, 0.2) is 0 Å². The normalized spacial score (nSPS) is 38.8. The fourth-order valence-corrected chi connectivity index (χ4v) is 2.53. The van der Waals surface area contributed by atoms with Crippen LogP contribution in [-0.2, 0) is 13.8 Å². The number of ether oxygens (including phenoxy) is 1. The molecule has 76 valence electrons. The average Bonchev–Trinajstić information content (AvgIpc) is 2.27. The van der Waals surface area contributed by atoms with Crippen molar-refractivity contribution in [2.75, 3.05) is 13.3 Å². The number of rotatable bonds is 3. The third kappa shape index (κ3) is 3.64. The van der Waals surface area contributed by atoms with Crippen LogP contribution < -0.4 is 0 Å². The largest absolute Gasteiger partial charge is 0.394 e. The van der Waals surface area contributed by atoms with Crippen LogP contribution in [0.1, 0.15) is 6.42 Å². The maximum atomic E-state index is 11.2. The standard InChI is InChI=1S/C6H14BO4PS/c1-12(9,13)11-4-2-6(7)10-5(4)3-8/h4-6,8H,2-3,7H2,1H3,(H,9,13)/t4?,5-,6-,12-/m1/s1. The van der Waals surface area contributed by atoms with E-state index >= 15 is 0 Å². The minimum atomic E-state index is -2.79. The van der Waals surface area contributed by atoms with Crippen LogP contribution in [0.2, 0.25) is 0 Å². The minimum Gasteiger partial charge on any atom is -0.394 e. The van der Waals surface area contributed by atoms with Gasteiger partial charge < -0.3 is 14.4 Å². The van der Waals surface area contributed by atoms with Crippen LogP contribution in [0.4, 0.5) is 0 Å². The number of aliphatic hydroxyl groups is 1. The Balaban J connectivity index is 2.54. The third-order valence-electron chi connectivity index (χ3n) is 1.90. The average molecular weight is 224 g/mol. The molecule has 1 unspecified atom stereocenters. The second-order valence-electron chi connectivity index (χ2n) is 3.35. The summed E-state index contributed by atoms with van der Waals surface area (Å²) < 4.78 is 21.8. The summed E-state index contributed by atoms with van der Waals surface area (Å²) in [5.41, 5.74) is 0. The summed E-state index contributed by atoms with van der Waals surface area (Å²) in [5, 5.41) is 8.93. The van der Waals surface area contributed by atoms with Gasteiger partial charge in [0.1, 0.15) is 14.0 Å². The molecule has 1 aliphatic rings. The Morgan fingerprint density at radius 2 is 2.46 bits per heavy atom. The Morgan fingerprint density at radius 1 is 1.85 bits per heavy atom. The van der Waals surface area contributed by atoms with Crippen molar-refractivity contribution in [2.24, 2.45) is 0 Å². The predicted molar refractivity (Wildman–Crippen MR) is 56.3 cm³/mol. The Hall–Kier alpha value is 0.525. The lowest BCUT2D eigenvalue weighted by Crippen LogP contribution is -2.26. The van der Waals surface area contributed by atoms with Crippen molar-refractivity contribution in [2.45, 2.75) is 24.6 Å². The van der Waals surface area contributed by atoms with Gasteiger partial charge >= 0.3 is 0 Å². The molecule has 0 saturated carbocycles. The van der Waals surface area contributed by atoms with E-state index in [1.807, 2.05) is 7.85 Å². The third-order valence-corrected chi connectivity index (χ3v) is 2.84. The molecule has 0 amide bonds. The summed E-state index contributed by atoms with van der Waals surface area (Å²) in [6, 6.07) is 0.0435. The maximum Gasteiger partial charge on any atom is 0.252 e. The minimum absolute atomic E-state index is 0.0435. The molecular weight excluding hydrogens is 210 g/mol. The predicted octanol–water partition coefficient (Wildman–Crippen LogP) is -0.135. The van der Waals surface area contributed by atoms with Crippen molar-refractivity contribution < 1.29 is 18.9 Å². The maximum absolute atomic E-state index is 11.2. The van der Waals surface area contributed by atoms with Crippen LogP contribution >= 0.6 is 18.8 Å². The highest BCUT2D eigenvalue weighted by atomic mass is 32.7. The highest BCUT2D eigenvalue weighted by Gasteiger charge is 2.35. The van der Waals surface area contributed by atoms with E-state index in [-0.39, 0.29) is 24.8 Å². The fourth-order valence-electron chi connectivity index (χ4n) is 1.44. The molecule has 1 heterocycles. The van der Waals surface area contributed by atoms with E-state index in [0.717, 1.165) is 0 Å². The summed E-state index contributed by atoms with van der Waals surface area (Å²) in [5.74, 6) is 0. The molecule has 7 heteroatoms. The van der Waals surface area contributed by atoms with Gasteiger partial charge in [0, 0.05) is 12.7 Å². The molecule has 4 atom stereocenters. The number of thiol groups is 1. The van der Waals surface area contributed by atoms with E-state index in [1.165, 1.54) is 6.66 Å². The zero-order valence-corrected chi connectivity index (χ0v) is 9.50. The van der Waals surface area contributed by atoms with Gasteiger partial charge in [0.2, 0.25) is 0 Å². The number of hydrogen-bond acceptors (Lipinski definition) is 4. The van der Waals surface area contributed by atoms with E-state index in [9.17, 15) is 4.57 Å². The molecule has 0 aromatic carbocycles. The van der Waals surface area contributed by atoms with Crippen molar-refractivity contribution in [1.29, 1.82) is 0 Å². The molecule has 1 aliphatic heterocycles. The highest BCUT2D eigenvalue weighted by molar-refractivity contribution is 8.46. The quantitative estimate of drug-likeness (QED) is 0.398. The summed E-state index contributed by atoms with van der Waals surface area (Å²) in [6.45, 7) is -1.46. The summed E-state index contributed by atoms with van der Waals surface area (Å²) >= 11 is 3.83. The van der Waals surface area contributed by atoms with E-state index < -0.39 is 6.57 Å². The molecule has 4 nitrogen and oxygen atoms in total. The molecule has 1 saturated heterocycles. The second-order valence-corrected chi connectivity index (χ2v) is 7.35. The lowest BCUT2D eigenvalue weighted by atomic mass is 9.96. The molecule has 0 aromatic heterocycles. The van der Waals surface area contributed by atoms with E-state index in [4.69, 9.17) is 14.4 Å². The first-order chi connectivity index (χ1) is 5.92. The molecule has 1 N–H and O–H groups in total. The van der Waals surface area contributed by atoms with E-state index in [2.05, 4.69) is 12.2 Å². The first-order valence-electron chi connectivity index (χ1n) is 4.17. The van der Waals surface area contributed by atoms with Gasteiger partial charge in [0.25, 0.3) is 6.57 Å². The van der Waals surface area contributed by atoms with Gasteiger partial charge in [-0.15, -0.1) is 0 Å². The lowest BCUT2D eigenvalue weighted by Gasteiger charge is -2.18. The summed E-state index contributed by atoms with van der Waals surface area (Å²) in [7, 11) is 1.89. The SMILES string of the molecule is B[C@H]1CC(O[P@@](C)(=O)S)[C@@H](CO)O1. The van der Waals surface area contributed by atoms with Crippen LogP contribution in [0.25, 0.3) is 0 Å². The molecule has 13 heavy (non-hydrogen) atoms. The van der Waals surface area contributed by atoms with Crippen LogP contribution in [-0.4, -0.2) is 44.4 Å². The molecule has 0 bridgehead atoms. The van der Waals surface area contributed by atoms with Gasteiger partial charge in [-0.25, -0.2) is 0 Å². The van der Waals surface area contributed by atoms with Gasteiger partial charge in [0.15, 0.2) is 0 Å². The summed E-state index contributed by atoms with van der Waals surface area (Å²) in [6.07, 6.45) is -0.00682. The van der Waals surface area contributed by atoms with Gasteiger partial charge in [-0.05, 0) is 6.42 Å². The number of aliphatic hydroxyl groups excluding tert-OH is 1. The molecule has 0 radical (unpaired) electrons. The molecule has 1 fully saturated rings. The van der Waals surface area contributed by atoms with Gasteiger partial charge in [-0.1, -0.05) is 12.2 Å². The fraction of sp³-hybridized carbons (Fsp3) is 1.00. The van der Waals surface area contributed by atoms with Crippen LogP contribution in [0, 0.1) is 0 Å². The smallest absolute Gasteiger partial charge is 0.252 e. The zero-order valence-electron chi connectivity index (χ0n) is 7.71. The number of hydrogen-bond donors (Lipinski definition) is 2. The van der Waals surface area contributed by atoms with E-state index in [0.29, 0.717) is 6.42 Å². The molecule has 0 aromatic rings. The van der Waals surface area contributed by atoms with Gasteiger partial charge in [-0.2, -0.15) is 0 Å². The molecular formula is C6H14BO4PS. The molecule has 0 aliphatic carbocycles. The van der Waals surface area contributed by atoms with Crippen LogP contribution in [0.5, 0.6) is 0 Å². The van der Waals surface area contributed by atoms with Crippen molar-refractivity contribution in [3.63, 3.8) is 0 Å². The van der Waals surface area contributed by atoms with Gasteiger partial charge in [-0.3, -0.25) is 4.57 Å². The molecule has 0 spiro atoms. The van der Waals surface area contributed by atoms with E-state index in [1.54, 1.807) is 0 Å². The van der Waals surface area contributed by atoms with Crippen molar-refractivity contribution >= 4 is 26.7 Å². The van der Waals surface area contributed by atoms with Crippen molar-refractivity contribution in [1.82, 2.24) is 0 Å². The highest BCUT2D eigenvalue weighted by Crippen LogP contribution is 2.50. The zero-order chi connectivity index (χ0) is 10.1. The molecule has 1 rings (SSSR count). The van der Waals surface area contributed by atoms with Crippen molar-refractivity contribution in [3.8, 4) is 0 Å². The topological polar surface area (TPSA) is 55.8 Å². The lowest BCUT2D eigenvalue weighted by molar-refractivity contribution is 0.00552. The first-order valence-corrected chi connectivity index (χ1v) is 7.40. The monoisotopic (exact) mass is 224 g/mol. The Bertz CT molecular complexity index is 221. The van der Waals surface area contributed by atoms with Crippen molar-refractivity contribution in [3.05, 3.63) is 0 Å². The second kappa shape index (κ2) is 4.36. The Morgan fingerprint density at radius 3 is 2.92 bits per heavy atom.